The zero-order valence-corrected chi connectivity index (χ0v) is 12.4. The Balaban J connectivity index is 3.09. The number of carbonyl (C=O) groups excluding carboxylic acids is 1. The van der Waals surface area contributed by atoms with E-state index in [-0.39, 0.29) is 27.9 Å². The van der Waals surface area contributed by atoms with Crippen LogP contribution < -0.4 is 4.74 Å². The standard InChI is InChI=1S/C11H10F4INO3/c1-2-19-9(18)4-6-3-8(20-11(13,14)15)17-10(16)7(6)5-12/h3H,2,4-5H2,1H3. The minimum atomic E-state index is -4.91. The van der Waals surface area contributed by atoms with E-state index >= 15 is 0 Å². The SMILES string of the molecule is CCOC(=O)Cc1cc(OC(F)(F)F)nc(I)c1CF. The molecule has 0 spiro atoms. The van der Waals surface area contributed by atoms with E-state index in [1.54, 1.807) is 29.5 Å². The summed E-state index contributed by atoms with van der Waals surface area (Å²) in [6, 6.07) is 0.890. The predicted octanol–water partition coefficient (Wildman–Crippen LogP) is 3.16. The van der Waals surface area contributed by atoms with Gasteiger partial charge in [-0.3, -0.25) is 4.79 Å². The molecular weight excluding hydrogens is 397 g/mol. The van der Waals surface area contributed by atoms with Crippen molar-refractivity contribution in [2.75, 3.05) is 6.61 Å². The highest BCUT2D eigenvalue weighted by molar-refractivity contribution is 14.1. The van der Waals surface area contributed by atoms with Crippen molar-refractivity contribution < 1.29 is 31.8 Å². The van der Waals surface area contributed by atoms with Crippen LogP contribution in [0.15, 0.2) is 6.07 Å². The Labute approximate surface area is 125 Å². The number of nitrogens with zero attached hydrogens (tertiary/aromatic N) is 1. The summed E-state index contributed by atoms with van der Waals surface area (Å²) in [5, 5.41) is 0. The summed E-state index contributed by atoms with van der Waals surface area (Å²) < 4.78 is 57.7. The second kappa shape index (κ2) is 7.04. The summed E-state index contributed by atoms with van der Waals surface area (Å²) in [5.74, 6) is -1.40. The number of aromatic nitrogens is 1. The first kappa shape index (κ1) is 16.9. The maximum atomic E-state index is 12.9. The topological polar surface area (TPSA) is 48.4 Å². The normalized spacial score (nSPS) is 11.3. The fourth-order valence-corrected chi connectivity index (χ4v) is 2.13. The number of halogens is 5. The second-order valence-corrected chi connectivity index (χ2v) is 4.57. The van der Waals surface area contributed by atoms with Gasteiger partial charge in [0.2, 0.25) is 5.88 Å². The lowest BCUT2D eigenvalue weighted by molar-refractivity contribution is -0.276. The highest BCUT2D eigenvalue weighted by Gasteiger charge is 2.32. The summed E-state index contributed by atoms with van der Waals surface area (Å²) in [6.07, 6.45) is -5.26. The molecule has 0 saturated heterocycles. The number of ether oxygens (including phenoxy) is 2. The summed E-state index contributed by atoms with van der Waals surface area (Å²) in [5.41, 5.74) is 0.109. The molecule has 0 aliphatic carbocycles. The Morgan fingerprint density at radius 2 is 2.10 bits per heavy atom. The van der Waals surface area contributed by atoms with E-state index < -0.39 is 24.9 Å². The molecule has 0 fully saturated rings. The summed E-state index contributed by atoms with van der Waals surface area (Å²) in [4.78, 5) is 14.9. The van der Waals surface area contributed by atoms with E-state index in [1.165, 1.54) is 0 Å². The van der Waals surface area contributed by atoms with Crippen molar-refractivity contribution in [2.24, 2.45) is 0 Å². The van der Waals surface area contributed by atoms with Crippen LogP contribution in [0.4, 0.5) is 17.6 Å². The number of carbonyl (C=O) groups is 1. The molecule has 0 amide bonds. The van der Waals surface area contributed by atoms with Crippen molar-refractivity contribution in [1.29, 1.82) is 0 Å². The molecule has 112 valence electrons. The molecule has 0 radical (unpaired) electrons. The third-order valence-corrected chi connectivity index (χ3v) is 3.03. The molecule has 0 bridgehead atoms. The molecule has 0 N–H and O–H groups in total. The highest BCUT2D eigenvalue weighted by Crippen LogP contribution is 2.26. The minimum Gasteiger partial charge on any atom is -0.466 e. The highest BCUT2D eigenvalue weighted by atomic mass is 127. The molecule has 1 aromatic heterocycles. The van der Waals surface area contributed by atoms with Gasteiger partial charge in [-0.05, 0) is 35.1 Å². The molecule has 0 aliphatic heterocycles. The Morgan fingerprint density at radius 3 is 2.60 bits per heavy atom. The van der Waals surface area contributed by atoms with Gasteiger partial charge in [-0.2, -0.15) is 0 Å². The molecule has 0 saturated carbocycles. The smallest absolute Gasteiger partial charge is 0.466 e. The van der Waals surface area contributed by atoms with Crippen molar-refractivity contribution in [3.8, 4) is 5.88 Å². The van der Waals surface area contributed by atoms with E-state index in [0.29, 0.717) is 0 Å². The molecule has 1 aromatic rings. The summed E-state index contributed by atoms with van der Waals surface area (Å²) >= 11 is 1.58. The van der Waals surface area contributed by atoms with Crippen molar-refractivity contribution in [3.05, 3.63) is 20.9 Å². The molecule has 0 atom stereocenters. The van der Waals surface area contributed by atoms with E-state index in [0.717, 1.165) is 6.07 Å². The lowest BCUT2D eigenvalue weighted by Crippen LogP contribution is -2.19. The van der Waals surface area contributed by atoms with Gasteiger partial charge in [0.25, 0.3) is 0 Å². The third kappa shape index (κ3) is 5.10. The van der Waals surface area contributed by atoms with E-state index in [4.69, 9.17) is 0 Å². The van der Waals surface area contributed by atoms with Crippen molar-refractivity contribution in [2.45, 2.75) is 26.4 Å². The third-order valence-electron chi connectivity index (χ3n) is 2.14. The first-order valence-electron chi connectivity index (χ1n) is 5.42. The van der Waals surface area contributed by atoms with Gasteiger partial charge in [-0.25, -0.2) is 9.37 Å². The van der Waals surface area contributed by atoms with Crippen LogP contribution in [0.3, 0.4) is 0 Å². The quantitative estimate of drug-likeness (QED) is 0.326. The van der Waals surface area contributed by atoms with Gasteiger partial charge in [0.1, 0.15) is 10.4 Å². The lowest BCUT2D eigenvalue weighted by Gasteiger charge is -2.13. The number of esters is 1. The summed E-state index contributed by atoms with van der Waals surface area (Å²) in [6.45, 7) is 0.757. The van der Waals surface area contributed by atoms with Gasteiger partial charge in [0, 0.05) is 11.6 Å². The van der Waals surface area contributed by atoms with Crippen LogP contribution >= 0.6 is 22.6 Å². The Kier molecular flexibility index (Phi) is 5.96. The first-order chi connectivity index (χ1) is 9.26. The monoisotopic (exact) mass is 407 g/mol. The van der Waals surface area contributed by atoms with Crippen molar-refractivity contribution in [1.82, 2.24) is 4.98 Å². The Morgan fingerprint density at radius 1 is 1.45 bits per heavy atom. The number of alkyl halides is 4. The Hall–Kier alpha value is -1.13. The maximum absolute atomic E-state index is 12.9. The van der Waals surface area contributed by atoms with Crippen molar-refractivity contribution in [3.63, 3.8) is 0 Å². The molecule has 1 heterocycles. The average molecular weight is 407 g/mol. The predicted molar refractivity (Wildman–Crippen MR) is 68.8 cm³/mol. The molecule has 1 rings (SSSR count). The van der Waals surface area contributed by atoms with E-state index in [1.807, 2.05) is 0 Å². The first-order valence-corrected chi connectivity index (χ1v) is 6.50. The molecular formula is C11H10F4INO3. The second-order valence-electron chi connectivity index (χ2n) is 3.55. The zero-order chi connectivity index (χ0) is 15.3. The molecule has 20 heavy (non-hydrogen) atoms. The van der Waals surface area contributed by atoms with Crippen LogP contribution in [0.2, 0.25) is 0 Å². The number of rotatable bonds is 5. The molecule has 0 unspecified atom stereocenters. The van der Waals surface area contributed by atoms with Crippen LogP contribution in [0.1, 0.15) is 18.1 Å². The molecule has 0 aromatic carbocycles. The van der Waals surface area contributed by atoms with Crippen LogP contribution in [0.5, 0.6) is 5.88 Å². The van der Waals surface area contributed by atoms with Crippen LogP contribution in [0, 0.1) is 3.70 Å². The number of hydrogen-bond acceptors (Lipinski definition) is 4. The fraction of sp³-hybridized carbons (Fsp3) is 0.455. The molecule has 9 heteroatoms. The van der Waals surface area contributed by atoms with Gasteiger partial charge in [0.15, 0.2) is 0 Å². The van der Waals surface area contributed by atoms with Crippen molar-refractivity contribution >= 4 is 28.6 Å². The van der Waals surface area contributed by atoms with Gasteiger partial charge in [-0.15, -0.1) is 13.2 Å². The van der Waals surface area contributed by atoms with E-state index in [9.17, 15) is 22.4 Å². The van der Waals surface area contributed by atoms with Gasteiger partial charge in [-0.1, -0.05) is 0 Å². The largest absolute Gasteiger partial charge is 0.574 e. The number of hydrogen-bond donors (Lipinski definition) is 0. The fourth-order valence-electron chi connectivity index (χ4n) is 1.40. The van der Waals surface area contributed by atoms with Gasteiger partial charge in [0.05, 0.1) is 13.0 Å². The zero-order valence-electron chi connectivity index (χ0n) is 10.3. The van der Waals surface area contributed by atoms with E-state index in [2.05, 4.69) is 14.5 Å². The molecule has 0 aliphatic rings. The number of pyridine rings is 1. The van der Waals surface area contributed by atoms with Gasteiger partial charge < -0.3 is 9.47 Å². The van der Waals surface area contributed by atoms with Crippen LogP contribution in [0.25, 0.3) is 0 Å². The van der Waals surface area contributed by atoms with Crippen LogP contribution in [-0.4, -0.2) is 23.9 Å². The lowest BCUT2D eigenvalue weighted by atomic mass is 10.1. The van der Waals surface area contributed by atoms with Gasteiger partial charge >= 0.3 is 12.3 Å². The average Bonchev–Trinajstić information content (AvgIpc) is 2.26. The molecule has 4 nitrogen and oxygen atoms in total. The van der Waals surface area contributed by atoms with Crippen LogP contribution in [-0.2, 0) is 22.6 Å². The minimum absolute atomic E-state index is 0.00569. The summed E-state index contributed by atoms with van der Waals surface area (Å²) in [7, 11) is 0. The Bertz CT molecular complexity index is 493. The maximum Gasteiger partial charge on any atom is 0.574 e.